The van der Waals surface area contributed by atoms with E-state index >= 15 is 0 Å². The smallest absolute Gasteiger partial charge is 0.207 e. The molecule has 0 heterocycles. The summed E-state index contributed by atoms with van der Waals surface area (Å²) in [6, 6.07) is -0.0486. The summed E-state index contributed by atoms with van der Waals surface area (Å²) in [5, 5.41) is 11.1. The molecule has 0 radical (unpaired) electrons. The molecular weight excluding hydrogens is 142 g/mol. The van der Waals surface area contributed by atoms with Crippen molar-refractivity contribution in [3.63, 3.8) is 0 Å². The standard InChI is InChI=1S/C6H13NO2.C2H6/c1-2-3-6(4-8)7-5-9;1-2/h5-6,8H,2-4H2,1H3,(H,7,9);1-2H3. The fraction of sp³-hybridized carbons (Fsp3) is 0.875. The number of hydrogen-bond acceptors (Lipinski definition) is 2. The number of aliphatic hydroxyl groups excluding tert-OH is 1. The average molecular weight is 161 g/mol. The number of carbonyl (C=O) groups is 1. The van der Waals surface area contributed by atoms with Gasteiger partial charge in [-0.3, -0.25) is 4.79 Å². The van der Waals surface area contributed by atoms with Crippen molar-refractivity contribution >= 4 is 6.41 Å². The highest BCUT2D eigenvalue weighted by Gasteiger charge is 2.01. The molecule has 2 N–H and O–H groups in total. The maximum Gasteiger partial charge on any atom is 0.207 e. The third-order valence-corrected chi connectivity index (χ3v) is 1.16. The van der Waals surface area contributed by atoms with E-state index in [1.807, 2.05) is 20.8 Å². The van der Waals surface area contributed by atoms with Gasteiger partial charge in [-0.1, -0.05) is 27.2 Å². The normalized spacial score (nSPS) is 10.9. The first kappa shape index (κ1) is 13.1. The maximum atomic E-state index is 9.83. The number of nitrogens with one attached hydrogen (secondary N) is 1. The Morgan fingerprint density at radius 3 is 2.36 bits per heavy atom. The quantitative estimate of drug-likeness (QED) is 0.589. The van der Waals surface area contributed by atoms with Crippen LogP contribution in [-0.4, -0.2) is 24.2 Å². The summed E-state index contributed by atoms with van der Waals surface area (Å²) < 4.78 is 0. The van der Waals surface area contributed by atoms with E-state index in [-0.39, 0.29) is 12.6 Å². The van der Waals surface area contributed by atoms with Crippen LogP contribution in [-0.2, 0) is 4.79 Å². The zero-order chi connectivity index (χ0) is 9.11. The van der Waals surface area contributed by atoms with Crippen LogP contribution < -0.4 is 5.32 Å². The topological polar surface area (TPSA) is 49.3 Å². The molecule has 0 bridgehead atoms. The number of amides is 1. The molecule has 11 heavy (non-hydrogen) atoms. The van der Waals surface area contributed by atoms with Crippen LogP contribution in [0.4, 0.5) is 0 Å². The van der Waals surface area contributed by atoms with E-state index in [2.05, 4.69) is 5.32 Å². The first-order valence-corrected chi connectivity index (χ1v) is 4.15. The van der Waals surface area contributed by atoms with Crippen LogP contribution in [0.25, 0.3) is 0 Å². The lowest BCUT2D eigenvalue weighted by molar-refractivity contribution is -0.110. The molecule has 0 aromatic rings. The molecular formula is C8H19NO2. The summed E-state index contributed by atoms with van der Waals surface area (Å²) in [6.07, 6.45) is 2.44. The van der Waals surface area contributed by atoms with Crippen LogP contribution in [0.2, 0.25) is 0 Å². The van der Waals surface area contributed by atoms with Crippen molar-refractivity contribution in [2.24, 2.45) is 0 Å². The van der Waals surface area contributed by atoms with E-state index in [9.17, 15) is 4.79 Å². The van der Waals surface area contributed by atoms with Crippen LogP contribution in [0.15, 0.2) is 0 Å². The van der Waals surface area contributed by atoms with Crippen molar-refractivity contribution in [2.75, 3.05) is 6.61 Å². The van der Waals surface area contributed by atoms with Crippen LogP contribution >= 0.6 is 0 Å². The van der Waals surface area contributed by atoms with Crippen LogP contribution in [0, 0.1) is 0 Å². The molecule has 0 rings (SSSR count). The zero-order valence-corrected chi connectivity index (χ0v) is 7.63. The minimum absolute atomic E-state index is 0.0343. The first-order valence-electron chi connectivity index (χ1n) is 4.15. The molecule has 0 saturated heterocycles. The second-order valence-corrected chi connectivity index (χ2v) is 1.95. The van der Waals surface area contributed by atoms with Crippen molar-refractivity contribution in [3.8, 4) is 0 Å². The Bertz CT molecular complexity index is 76.5. The molecule has 0 aliphatic carbocycles. The van der Waals surface area contributed by atoms with Crippen molar-refractivity contribution in [1.29, 1.82) is 0 Å². The molecule has 1 atom stereocenters. The third-order valence-electron chi connectivity index (χ3n) is 1.16. The Labute approximate surface area is 68.8 Å². The molecule has 3 nitrogen and oxygen atoms in total. The van der Waals surface area contributed by atoms with E-state index in [1.165, 1.54) is 0 Å². The van der Waals surface area contributed by atoms with Gasteiger partial charge in [-0.05, 0) is 6.42 Å². The van der Waals surface area contributed by atoms with Gasteiger partial charge < -0.3 is 10.4 Å². The second-order valence-electron chi connectivity index (χ2n) is 1.95. The monoisotopic (exact) mass is 161 g/mol. The van der Waals surface area contributed by atoms with Crippen LogP contribution in [0.5, 0.6) is 0 Å². The summed E-state index contributed by atoms with van der Waals surface area (Å²) in [6.45, 7) is 6.04. The highest BCUT2D eigenvalue weighted by Crippen LogP contribution is 1.92. The van der Waals surface area contributed by atoms with Crippen LogP contribution in [0.1, 0.15) is 33.6 Å². The van der Waals surface area contributed by atoms with Gasteiger partial charge in [-0.15, -0.1) is 0 Å². The first-order chi connectivity index (χ1) is 5.35. The summed E-state index contributed by atoms with van der Waals surface area (Å²) in [5.74, 6) is 0. The van der Waals surface area contributed by atoms with E-state index in [1.54, 1.807) is 0 Å². The SMILES string of the molecule is CC.CCCC(CO)NC=O. The molecule has 0 aromatic heterocycles. The molecule has 68 valence electrons. The highest BCUT2D eigenvalue weighted by atomic mass is 16.3. The summed E-state index contributed by atoms with van der Waals surface area (Å²) in [4.78, 5) is 9.83. The lowest BCUT2D eigenvalue weighted by atomic mass is 10.2. The number of carbonyl (C=O) groups excluding carboxylic acids is 1. The number of rotatable bonds is 5. The molecule has 0 aromatic carbocycles. The van der Waals surface area contributed by atoms with Gasteiger partial charge in [-0.25, -0.2) is 0 Å². The summed E-state index contributed by atoms with van der Waals surface area (Å²) in [5.41, 5.74) is 0. The van der Waals surface area contributed by atoms with Gasteiger partial charge >= 0.3 is 0 Å². The van der Waals surface area contributed by atoms with Crippen LogP contribution in [0.3, 0.4) is 0 Å². The zero-order valence-electron chi connectivity index (χ0n) is 7.63. The Balaban J connectivity index is 0. The molecule has 0 aliphatic rings. The Hall–Kier alpha value is -0.570. The molecule has 0 aliphatic heterocycles. The molecule has 0 fully saturated rings. The predicted octanol–water partition coefficient (Wildman–Crippen LogP) is 0.920. The molecule has 1 unspecified atom stereocenters. The van der Waals surface area contributed by atoms with E-state index in [0.717, 1.165) is 12.8 Å². The Morgan fingerprint density at radius 1 is 1.55 bits per heavy atom. The fourth-order valence-corrected chi connectivity index (χ4v) is 0.672. The molecule has 0 spiro atoms. The van der Waals surface area contributed by atoms with Gasteiger partial charge in [0.05, 0.1) is 12.6 Å². The summed E-state index contributed by atoms with van der Waals surface area (Å²) >= 11 is 0. The molecule has 0 saturated carbocycles. The number of aliphatic hydroxyl groups is 1. The van der Waals surface area contributed by atoms with Gasteiger partial charge in [0, 0.05) is 0 Å². The Kier molecular flexibility index (Phi) is 14.4. The minimum Gasteiger partial charge on any atom is -0.394 e. The lowest BCUT2D eigenvalue weighted by Gasteiger charge is -2.09. The average Bonchev–Trinajstić information content (AvgIpc) is 2.08. The minimum atomic E-state index is -0.0486. The van der Waals surface area contributed by atoms with Crippen molar-refractivity contribution in [1.82, 2.24) is 5.32 Å². The van der Waals surface area contributed by atoms with Gasteiger partial charge in [0.2, 0.25) is 6.41 Å². The van der Waals surface area contributed by atoms with E-state index in [4.69, 9.17) is 5.11 Å². The lowest BCUT2D eigenvalue weighted by Crippen LogP contribution is -2.30. The molecule has 1 amide bonds. The summed E-state index contributed by atoms with van der Waals surface area (Å²) in [7, 11) is 0. The van der Waals surface area contributed by atoms with E-state index < -0.39 is 0 Å². The number of hydrogen-bond donors (Lipinski definition) is 2. The third kappa shape index (κ3) is 9.43. The molecule has 3 heteroatoms. The largest absolute Gasteiger partial charge is 0.394 e. The van der Waals surface area contributed by atoms with Gasteiger partial charge in [0.15, 0.2) is 0 Å². The van der Waals surface area contributed by atoms with Gasteiger partial charge in [0.1, 0.15) is 0 Å². The van der Waals surface area contributed by atoms with Gasteiger partial charge in [0.25, 0.3) is 0 Å². The predicted molar refractivity (Wildman–Crippen MR) is 46.3 cm³/mol. The Morgan fingerprint density at radius 2 is 2.09 bits per heavy atom. The van der Waals surface area contributed by atoms with Crippen molar-refractivity contribution in [3.05, 3.63) is 0 Å². The second kappa shape index (κ2) is 12.1. The maximum absolute atomic E-state index is 9.83. The van der Waals surface area contributed by atoms with E-state index in [0.29, 0.717) is 6.41 Å². The van der Waals surface area contributed by atoms with Crippen molar-refractivity contribution < 1.29 is 9.90 Å². The van der Waals surface area contributed by atoms with Gasteiger partial charge in [-0.2, -0.15) is 0 Å². The highest BCUT2D eigenvalue weighted by molar-refractivity contribution is 5.46. The van der Waals surface area contributed by atoms with Crippen molar-refractivity contribution in [2.45, 2.75) is 39.7 Å². The fourth-order valence-electron chi connectivity index (χ4n) is 0.672.